The van der Waals surface area contributed by atoms with Crippen LogP contribution in [0.25, 0.3) is 0 Å². The molecular formula is C15H16BrNO2. The second-order valence-electron chi connectivity index (χ2n) is 5.27. The van der Waals surface area contributed by atoms with E-state index in [1.165, 1.54) is 6.42 Å². The minimum atomic E-state index is -0.367. The van der Waals surface area contributed by atoms with Crippen LogP contribution < -0.4 is 5.32 Å². The van der Waals surface area contributed by atoms with Gasteiger partial charge in [-0.3, -0.25) is 5.32 Å². The van der Waals surface area contributed by atoms with Gasteiger partial charge >= 0.3 is 6.09 Å². The Morgan fingerprint density at radius 2 is 2.05 bits per heavy atom. The van der Waals surface area contributed by atoms with Crippen LogP contribution >= 0.6 is 15.9 Å². The van der Waals surface area contributed by atoms with Gasteiger partial charge in [0, 0.05) is 16.1 Å². The molecule has 0 aliphatic heterocycles. The first-order chi connectivity index (χ1) is 9.20. The molecule has 0 unspecified atom stereocenters. The number of carbonyl (C=O) groups excluding carboxylic acids is 1. The summed E-state index contributed by atoms with van der Waals surface area (Å²) in [6.07, 6.45) is 6.60. The SMILES string of the molecule is O=C(Nc1ccc(Br)cc1)OC[C@H]1C[C@H]2C=C[C@H]1C2. The molecule has 1 amide bonds. The summed E-state index contributed by atoms with van der Waals surface area (Å²) in [5.74, 6) is 1.84. The molecular weight excluding hydrogens is 306 g/mol. The maximum absolute atomic E-state index is 11.7. The largest absolute Gasteiger partial charge is 0.449 e. The number of hydrogen-bond donors (Lipinski definition) is 1. The average molecular weight is 322 g/mol. The van der Waals surface area contributed by atoms with E-state index in [0.717, 1.165) is 16.6 Å². The molecule has 3 rings (SSSR count). The van der Waals surface area contributed by atoms with E-state index in [4.69, 9.17) is 4.74 Å². The van der Waals surface area contributed by atoms with E-state index < -0.39 is 0 Å². The van der Waals surface area contributed by atoms with Gasteiger partial charge in [-0.15, -0.1) is 0 Å². The van der Waals surface area contributed by atoms with Crippen molar-refractivity contribution in [1.29, 1.82) is 0 Å². The summed E-state index contributed by atoms with van der Waals surface area (Å²) in [4.78, 5) is 11.7. The van der Waals surface area contributed by atoms with Crippen LogP contribution in [0.1, 0.15) is 12.8 Å². The number of anilines is 1. The second kappa shape index (κ2) is 5.37. The molecule has 1 N–H and O–H groups in total. The second-order valence-corrected chi connectivity index (χ2v) is 6.19. The third-order valence-electron chi connectivity index (χ3n) is 3.94. The van der Waals surface area contributed by atoms with Crippen LogP contribution in [0.4, 0.5) is 10.5 Å². The molecule has 1 aromatic carbocycles. The summed E-state index contributed by atoms with van der Waals surface area (Å²) in [6.45, 7) is 0.522. The van der Waals surface area contributed by atoms with Gasteiger partial charge in [0.25, 0.3) is 0 Å². The number of nitrogens with one attached hydrogen (secondary N) is 1. The van der Waals surface area contributed by atoms with Crippen molar-refractivity contribution in [3.63, 3.8) is 0 Å². The molecule has 0 heterocycles. The number of allylic oxidation sites excluding steroid dienone is 2. The molecule has 3 atom stereocenters. The molecule has 3 nitrogen and oxygen atoms in total. The molecule has 2 aliphatic rings. The van der Waals surface area contributed by atoms with Gasteiger partial charge in [0.2, 0.25) is 0 Å². The van der Waals surface area contributed by atoms with Crippen molar-refractivity contribution >= 4 is 27.7 Å². The first kappa shape index (κ1) is 12.7. The van der Waals surface area contributed by atoms with Gasteiger partial charge in [-0.25, -0.2) is 4.79 Å². The van der Waals surface area contributed by atoms with Crippen LogP contribution in [0.3, 0.4) is 0 Å². The highest BCUT2D eigenvalue weighted by Crippen LogP contribution is 2.43. The van der Waals surface area contributed by atoms with Crippen LogP contribution in [0.2, 0.25) is 0 Å². The minimum Gasteiger partial charge on any atom is -0.449 e. The van der Waals surface area contributed by atoms with Gasteiger partial charge in [-0.1, -0.05) is 28.1 Å². The van der Waals surface area contributed by atoms with Crippen molar-refractivity contribution in [1.82, 2.24) is 0 Å². The molecule has 4 heteroatoms. The zero-order chi connectivity index (χ0) is 13.2. The maximum Gasteiger partial charge on any atom is 0.411 e. The molecule has 2 bridgehead atoms. The molecule has 19 heavy (non-hydrogen) atoms. The fourth-order valence-electron chi connectivity index (χ4n) is 2.96. The van der Waals surface area contributed by atoms with E-state index >= 15 is 0 Å². The summed E-state index contributed by atoms with van der Waals surface area (Å²) in [5, 5.41) is 2.74. The number of rotatable bonds is 3. The quantitative estimate of drug-likeness (QED) is 0.847. The van der Waals surface area contributed by atoms with Crippen LogP contribution in [0, 0.1) is 17.8 Å². The Balaban J connectivity index is 1.47. The van der Waals surface area contributed by atoms with Crippen LogP contribution in [0.5, 0.6) is 0 Å². The lowest BCUT2D eigenvalue weighted by molar-refractivity contribution is 0.134. The number of halogens is 1. The van der Waals surface area contributed by atoms with E-state index in [-0.39, 0.29) is 6.09 Å². The first-order valence-electron chi connectivity index (χ1n) is 6.58. The predicted octanol–water partition coefficient (Wildman–Crippen LogP) is 4.21. The highest BCUT2D eigenvalue weighted by molar-refractivity contribution is 9.10. The highest BCUT2D eigenvalue weighted by Gasteiger charge is 2.36. The maximum atomic E-state index is 11.7. The Morgan fingerprint density at radius 1 is 1.26 bits per heavy atom. The summed E-state index contributed by atoms with van der Waals surface area (Å²) in [5.41, 5.74) is 0.751. The van der Waals surface area contributed by atoms with Crippen molar-refractivity contribution in [3.05, 3.63) is 40.9 Å². The van der Waals surface area contributed by atoms with E-state index in [9.17, 15) is 4.79 Å². The topological polar surface area (TPSA) is 38.3 Å². The molecule has 0 spiro atoms. The summed E-state index contributed by atoms with van der Waals surface area (Å²) in [6, 6.07) is 7.45. The Labute approximate surface area is 121 Å². The van der Waals surface area contributed by atoms with Crippen LogP contribution in [0.15, 0.2) is 40.9 Å². The molecule has 1 saturated carbocycles. The van der Waals surface area contributed by atoms with Crippen LogP contribution in [-0.4, -0.2) is 12.7 Å². The fraction of sp³-hybridized carbons (Fsp3) is 0.400. The average Bonchev–Trinajstić information content (AvgIpc) is 3.01. The number of fused-ring (bicyclic) bond motifs is 2. The van der Waals surface area contributed by atoms with Crippen molar-refractivity contribution in [2.45, 2.75) is 12.8 Å². The Morgan fingerprint density at radius 3 is 2.68 bits per heavy atom. The van der Waals surface area contributed by atoms with Gasteiger partial charge in [-0.05, 0) is 48.9 Å². The first-order valence-corrected chi connectivity index (χ1v) is 7.37. The lowest BCUT2D eigenvalue weighted by Gasteiger charge is -2.17. The van der Waals surface area contributed by atoms with Gasteiger partial charge in [0.15, 0.2) is 0 Å². The standard InChI is InChI=1S/C15H16BrNO2/c16-13-3-5-14(6-4-13)17-15(18)19-9-12-8-10-1-2-11(12)7-10/h1-6,10-12H,7-9H2,(H,17,18)/t10-,11-,12+/m0/s1. The Hall–Kier alpha value is -1.29. The van der Waals surface area contributed by atoms with Crippen molar-refractivity contribution in [3.8, 4) is 0 Å². The van der Waals surface area contributed by atoms with E-state index in [2.05, 4.69) is 33.4 Å². The normalized spacial score (nSPS) is 27.5. The fourth-order valence-corrected chi connectivity index (χ4v) is 3.22. The van der Waals surface area contributed by atoms with Gasteiger partial charge in [0.05, 0.1) is 6.61 Å². The van der Waals surface area contributed by atoms with Crippen molar-refractivity contribution in [2.24, 2.45) is 17.8 Å². The monoisotopic (exact) mass is 321 g/mol. The number of benzene rings is 1. The lowest BCUT2D eigenvalue weighted by Crippen LogP contribution is -2.21. The third-order valence-corrected chi connectivity index (χ3v) is 4.46. The van der Waals surface area contributed by atoms with Crippen LogP contribution in [-0.2, 0) is 4.74 Å². The van der Waals surface area contributed by atoms with E-state index in [1.807, 2.05) is 24.3 Å². The molecule has 0 saturated heterocycles. The molecule has 100 valence electrons. The summed E-state index contributed by atoms with van der Waals surface area (Å²) in [7, 11) is 0. The molecule has 1 fully saturated rings. The van der Waals surface area contributed by atoms with E-state index in [0.29, 0.717) is 24.4 Å². The zero-order valence-corrected chi connectivity index (χ0v) is 12.1. The molecule has 2 aliphatic carbocycles. The van der Waals surface area contributed by atoms with Crippen molar-refractivity contribution < 1.29 is 9.53 Å². The van der Waals surface area contributed by atoms with Gasteiger partial charge in [-0.2, -0.15) is 0 Å². The smallest absolute Gasteiger partial charge is 0.411 e. The third kappa shape index (κ3) is 3.00. The van der Waals surface area contributed by atoms with Gasteiger partial charge in [0.1, 0.15) is 0 Å². The Kier molecular flexibility index (Phi) is 3.60. The number of hydrogen-bond acceptors (Lipinski definition) is 2. The minimum absolute atomic E-state index is 0.367. The number of ether oxygens (including phenoxy) is 1. The zero-order valence-electron chi connectivity index (χ0n) is 10.5. The van der Waals surface area contributed by atoms with E-state index in [1.54, 1.807) is 0 Å². The molecule has 0 aromatic heterocycles. The van der Waals surface area contributed by atoms with Gasteiger partial charge < -0.3 is 4.74 Å². The predicted molar refractivity (Wildman–Crippen MR) is 78.0 cm³/mol. The lowest BCUT2D eigenvalue weighted by atomic mass is 9.95. The highest BCUT2D eigenvalue weighted by atomic mass is 79.9. The number of amides is 1. The molecule has 1 aromatic rings. The Bertz CT molecular complexity index is 497. The molecule has 0 radical (unpaired) electrons. The number of carbonyl (C=O) groups is 1. The van der Waals surface area contributed by atoms with Crippen molar-refractivity contribution in [2.75, 3.05) is 11.9 Å². The summed E-state index contributed by atoms with van der Waals surface area (Å²) >= 11 is 3.36. The summed E-state index contributed by atoms with van der Waals surface area (Å²) < 4.78 is 6.30.